The molecule has 0 saturated carbocycles. The number of nitrogens with zero attached hydrogens (tertiary/aromatic N) is 4. The molecule has 0 radical (unpaired) electrons. The Balaban J connectivity index is 1.52. The van der Waals surface area contributed by atoms with Crippen LogP contribution in [0.1, 0.15) is 39.2 Å². The van der Waals surface area contributed by atoms with Gasteiger partial charge in [0.15, 0.2) is 23.3 Å². The van der Waals surface area contributed by atoms with Crippen LogP contribution in [-0.2, 0) is 11.3 Å². The molecule has 200 valence electrons. The largest absolute Gasteiger partial charge is 0.494 e. The summed E-state index contributed by atoms with van der Waals surface area (Å²) in [5, 5.41) is 36.2. The number of hydrogen-bond donors (Lipinski definition) is 4. The number of carbonyl (C=O) groups excluding carboxylic acids is 1. The van der Waals surface area contributed by atoms with Crippen LogP contribution in [-0.4, -0.2) is 61.4 Å². The highest BCUT2D eigenvalue weighted by atomic mass is 19.1. The second-order valence-corrected chi connectivity index (χ2v) is 9.72. The van der Waals surface area contributed by atoms with Crippen molar-refractivity contribution >= 4 is 17.4 Å². The average Bonchev–Trinajstić information content (AvgIpc) is 3.61. The summed E-state index contributed by atoms with van der Waals surface area (Å²) in [6, 6.07) is 7.14. The SMILES string of the molecule is CC(C)C[C@@H](C(=O)Nc1ccn(C[C@@H](O)CO)n1)n1cc(Oc2cccc(N3CCCC3)c2F)cc1O. The number of benzene rings is 1. The molecule has 0 aliphatic carbocycles. The Morgan fingerprint density at radius 1 is 1.24 bits per heavy atom. The van der Waals surface area contributed by atoms with Crippen molar-refractivity contribution in [1.82, 2.24) is 14.3 Å². The van der Waals surface area contributed by atoms with Crippen molar-refractivity contribution < 1.29 is 29.2 Å². The molecule has 1 fully saturated rings. The van der Waals surface area contributed by atoms with E-state index in [1.807, 2.05) is 18.7 Å². The van der Waals surface area contributed by atoms with Gasteiger partial charge >= 0.3 is 0 Å². The number of aliphatic hydroxyl groups excluding tert-OH is 2. The predicted molar refractivity (Wildman–Crippen MR) is 136 cm³/mol. The smallest absolute Gasteiger partial charge is 0.248 e. The highest BCUT2D eigenvalue weighted by Crippen LogP contribution is 2.36. The number of halogens is 1. The van der Waals surface area contributed by atoms with Crippen LogP contribution in [0.2, 0.25) is 0 Å². The number of hydrogen-bond acceptors (Lipinski definition) is 7. The number of amides is 1. The van der Waals surface area contributed by atoms with Crippen LogP contribution in [0.25, 0.3) is 0 Å². The van der Waals surface area contributed by atoms with Crippen LogP contribution in [0.15, 0.2) is 42.7 Å². The first-order valence-electron chi connectivity index (χ1n) is 12.5. The van der Waals surface area contributed by atoms with Crippen LogP contribution in [0.4, 0.5) is 15.9 Å². The van der Waals surface area contributed by atoms with Crippen molar-refractivity contribution in [3.8, 4) is 17.4 Å². The van der Waals surface area contributed by atoms with E-state index >= 15 is 4.39 Å². The van der Waals surface area contributed by atoms with Crippen LogP contribution in [0.3, 0.4) is 0 Å². The van der Waals surface area contributed by atoms with E-state index in [2.05, 4.69) is 10.4 Å². The molecule has 1 saturated heterocycles. The van der Waals surface area contributed by atoms with Gasteiger partial charge in [0.05, 0.1) is 31.1 Å². The van der Waals surface area contributed by atoms with Gasteiger partial charge in [0.1, 0.15) is 11.8 Å². The Hall–Kier alpha value is -3.57. The van der Waals surface area contributed by atoms with Crippen molar-refractivity contribution in [3.05, 3.63) is 48.5 Å². The minimum Gasteiger partial charge on any atom is -0.494 e. The molecule has 3 heterocycles. The summed E-state index contributed by atoms with van der Waals surface area (Å²) >= 11 is 0. The minimum atomic E-state index is -0.965. The fourth-order valence-corrected chi connectivity index (χ4v) is 4.46. The summed E-state index contributed by atoms with van der Waals surface area (Å²) in [7, 11) is 0. The van der Waals surface area contributed by atoms with Crippen molar-refractivity contribution in [1.29, 1.82) is 0 Å². The Bertz CT molecular complexity index is 1200. The first-order chi connectivity index (χ1) is 17.7. The van der Waals surface area contributed by atoms with Crippen LogP contribution in [0.5, 0.6) is 17.4 Å². The highest BCUT2D eigenvalue weighted by molar-refractivity contribution is 5.93. The van der Waals surface area contributed by atoms with E-state index in [1.165, 1.54) is 27.6 Å². The van der Waals surface area contributed by atoms with E-state index in [0.29, 0.717) is 12.1 Å². The van der Waals surface area contributed by atoms with Crippen molar-refractivity contribution in [2.24, 2.45) is 5.92 Å². The van der Waals surface area contributed by atoms with Gasteiger partial charge in [-0.2, -0.15) is 5.10 Å². The molecule has 10 nitrogen and oxygen atoms in total. The van der Waals surface area contributed by atoms with Gasteiger partial charge < -0.3 is 34.8 Å². The number of ether oxygens (including phenoxy) is 1. The molecule has 4 N–H and O–H groups in total. The van der Waals surface area contributed by atoms with E-state index in [4.69, 9.17) is 9.84 Å². The summed E-state index contributed by atoms with van der Waals surface area (Å²) in [6.45, 7) is 5.19. The molecule has 1 aliphatic rings. The molecule has 3 aromatic rings. The lowest BCUT2D eigenvalue weighted by Gasteiger charge is -2.20. The van der Waals surface area contributed by atoms with Gasteiger partial charge in [-0.25, -0.2) is 4.39 Å². The quantitative estimate of drug-likeness (QED) is 0.308. The zero-order chi connectivity index (χ0) is 26.5. The van der Waals surface area contributed by atoms with E-state index in [9.17, 15) is 15.0 Å². The van der Waals surface area contributed by atoms with Gasteiger partial charge in [0, 0.05) is 31.4 Å². The molecule has 0 spiro atoms. The third-order valence-corrected chi connectivity index (χ3v) is 6.25. The van der Waals surface area contributed by atoms with Gasteiger partial charge in [-0.3, -0.25) is 9.48 Å². The summed E-state index contributed by atoms with van der Waals surface area (Å²) in [4.78, 5) is 15.2. The molecule has 0 bridgehead atoms. The Kier molecular flexibility index (Phi) is 8.34. The number of rotatable bonds is 11. The number of carbonyl (C=O) groups is 1. The number of nitrogens with one attached hydrogen (secondary N) is 1. The number of aromatic nitrogens is 3. The molecule has 1 aliphatic heterocycles. The minimum absolute atomic E-state index is 0.0435. The third kappa shape index (κ3) is 6.41. The molecular formula is C26H34FN5O5. The third-order valence-electron chi connectivity index (χ3n) is 6.25. The molecule has 2 aromatic heterocycles. The Morgan fingerprint density at radius 3 is 2.70 bits per heavy atom. The summed E-state index contributed by atoms with van der Waals surface area (Å²) in [5.74, 6) is -0.415. The first-order valence-corrected chi connectivity index (χ1v) is 12.5. The molecule has 37 heavy (non-hydrogen) atoms. The Labute approximate surface area is 214 Å². The number of anilines is 2. The van der Waals surface area contributed by atoms with Crippen molar-refractivity contribution in [3.63, 3.8) is 0 Å². The summed E-state index contributed by atoms with van der Waals surface area (Å²) in [5.41, 5.74) is 0.488. The van der Waals surface area contributed by atoms with E-state index in [-0.39, 0.29) is 35.7 Å². The number of aliphatic hydroxyl groups is 2. The molecule has 4 rings (SSSR count). The molecule has 1 amide bonds. The fraction of sp³-hybridized carbons (Fsp3) is 0.462. The maximum atomic E-state index is 15.2. The standard InChI is InChI=1S/C26H34FN5O5/c1-17(2)12-21(26(36)28-23-8-11-31(29-23)14-18(34)16-33)32-15-19(13-24(32)35)37-22-7-5-6-20(25(22)27)30-9-3-4-10-30/h5-8,11,13,15,17-18,21,33-35H,3-4,9-10,12,14,16H2,1-2H3,(H,28,29,36)/t18-,21+/m1/s1. The zero-order valence-corrected chi connectivity index (χ0v) is 21.0. The lowest BCUT2D eigenvalue weighted by Crippen LogP contribution is -2.27. The second kappa shape index (κ2) is 11.7. The van der Waals surface area contributed by atoms with Crippen LogP contribution in [0, 0.1) is 11.7 Å². The molecular weight excluding hydrogens is 481 g/mol. The van der Waals surface area contributed by atoms with Gasteiger partial charge in [-0.05, 0) is 37.3 Å². The first kappa shape index (κ1) is 26.5. The van der Waals surface area contributed by atoms with Crippen LogP contribution < -0.4 is 15.0 Å². The average molecular weight is 516 g/mol. The zero-order valence-electron chi connectivity index (χ0n) is 21.0. The normalized spacial score (nSPS) is 15.2. The van der Waals surface area contributed by atoms with E-state index in [0.717, 1.165) is 25.9 Å². The fourth-order valence-electron chi connectivity index (χ4n) is 4.46. The van der Waals surface area contributed by atoms with Gasteiger partial charge in [0.25, 0.3) is 0 Å². The number of aromatic hydroxyl groups is 1. The monoisotopic (exact) mass is 515 g/mol. The van der Waals surface area contributed by atoms with E-state index in [1.54, 1.807) is 24.4 Å². The Morgan fingerprint density at radius 2 is 2.00 bits per heavy atom. The van der Waals surface area contributed by atoms with Gasteiger partial charge in [-0.1, -0.05) is 19.9 Å². The molecule has 0 unspecified atom stereocenters. The topological polar surface area (TPSA) is 125 Å². The lowest BCUT2D eigenvalue weighted by atomic mass is 10.0. The highest BCUT2D eigenvalue weighted by Gasteiger charge is 2.26. The second-order valence-electron chi connectivity index (χ2n) is 9.72. The lowest BCUT2D eigenvalue weighted by molar-refractivity contribution is -0.119. The maximum Gasteiger partial charge on any atom is 0.248 e. The molecule has 11 heteroatoms. The van der Waals surface area contributed by atoms with E-state index < -0.39 is 30.5 Å². The van der Waals surface area contributed by atoms with Crippen molar-refractivity contribution in [2.75, 3.05) is 29.9 Å². The molecule has 1 aromatic carbocycles. The molecule has 2 atom stereocenters. The maximum absolute atomic E-state index is 15.2. The van der Waals surface area contributed by atoms with Gasteiger partial charge in [-0.15, -0.1) is 0 Å². The predicted octanol–water partition coefficient (Wildman–Crippen LogP) is 3.50. The summed E-state index contributed by atoms with van der Waals surface area (Å²) < 4.78 is 23.8. The summed E-state index contributed by atoms with van der Waals surface area (Å²) in [6.07, 6.45) is 4.55. The van der Waals surface area contributed by atoms with Crippen LogP contribution >= 0.6 is 0 Å². The van der Waals surface area contributed by atoms with Crippen molar-refractivity contribution in [2.45, 2.75) is 51.8 Å². The van der Waals surface area contributed by atoms with Gasteiger partial charge in [0.2, 0.25) is 5.91 Å².